The summed E-state index contributed by atoms with van der Waals surface area (Å²) in [6, 6.07) is 3.23. The van der Waals surface area contributed by atoms with Crippen LogP contribution in [0, 0.1) is 0 Å². The van der Waals surface area contributed by atoms with E-state index in [0.29, 0.717) is 31.3 Å². The SMILES string of the molecule is CCOC(=O)C[C@H](N)c1cc(Br)c2c(c1)OCCO2. The zero-order chi connectivity index (χ0) is 13.8. The summed E-state index contributed by atoms with van der Waals surface area (Å²) in [5.41, 5.74) is 6.82. The van der Waals surface area contributed by atoms with Crippen LogP contribution in [0.5, 0.6) is 11.5 Å². The van der Waals surface area contributed by atoms with E-state index in [0.717, 1.165) is 10.0 Å². The van der Waals surface area contributed by atoms with Gasteiger partial charge in [0.1, 0.15) is 13.2 Å². The first kappa shape index (κ1) is 14.1. The smallest absolute Gasteiger partial charge is 0.307 e. The van der Waals surface area contributed by atoms with Crippen molar-refractivity contribution in [3.8, 4) is 11.5 Å². The summed E-state index contributed by atoms with van der Waals surface area (Å²) in [6.45, 7) is 3.16. The number of carbonyl (C=O) groups excluding carboxylic acids is 1. The zero-order valence-corrected chi connectivity index (χ0v) is 12.2. The van der Waals surface area contributed by atoms with Gasteiger partial charge in [-0.05, 0) is 40.5 Å². The lowest BCUT2D eigenvalue weighted by molar-refractivity contribution is -0.143. The molecule has 0 saturated carbocycles. The molecule has 1 aromatic rings. The van der Waals surface area contributed by atoms with Crippen LogP contribution >= 0.6 is 15.9 Å². The standard InChI is InChI=1S/C13H16BrNO4/c1-2-17-12(16)7-10(15)8-5-9(14)13-11(6-8)18-3-4-19-13/h5-6,10H,2-4,7,15H2,1H3/t10-/m0/s1. The molecule has 1 aliphatic heterocycles. The molecule has 1 atom stereocenters. The molecule has 0 amide bonds. The molecule has 0 saturated heterocycles. The summed E-state index contributed by atoms with van der Waals surface area (Å²) < 4.78 is 16.7. The Morgan fingerprint density at radius 1 is 1.47 bits per heavy atom. The Morgan fingerprint density at radius 3 is 2.95 bits per heavy atom. The number of carbonyl (C=O) groups is 1. The number of halogens is 1. The first-order valence-electron chi connectivity index (χ1n) is 6.12. The molecule has 1 aromatic carbocycles. The number of fused-ring (bicyclic) bond motifs is 1. The molecule has 0 aromatic heterocycles. The highest BCUT2D eigenvalue weighted by Crippen LogP contribution is 2.39. The van der Waals surface area contributed by atoms with E-state index in [1.165, 1.54) is 0 Å². The Labute approximate surface area is 120 Å². The van der Waals surface area contributed by atoms with Crippen LogP contribution in [0.4, 0.5) is 0 Å². The number of hydrogen-bond acceptors (Lipinski definition) is 5. The van der Waals surface area contributed by atoms with E-state index in [2.05, 4.69) is 15.9 Å². The van der Waals surface area contributed by atoms with Crippen molar-refractivity contribution in [3.05, 3.63) is 22.2 Å². The maximum atomic E-state index is 11.4. The lowest BCUT2D eigenvalue weighted by Crippen LogP contribution is -2.19. The van der Waals surface area contributed by atoms with Gasteiger partial charge in [-0.25, -0.2) is 0 Å². The van der Waals surface area contributed by atoms with Gasteiger partial charge in [-0.1, -0.05) is 0 Å². The molecular formula is C13H16BrNO4. The minimum absolute atomic E-state index is 0.139. The van der Waals surface area contributed by atoms with Crippen LogP contribution in [0.2, 0.25) is 0 Å². The van der Waals surface area contributed by atoms with E-state index in [1.807, 2.05) is 12.1 Å². The van der Waals surface area contributed by atoms with Crippen molar-refractivity contribution in [3.63, 3.8) is 0 Å². The molecule has 104 valence electrons. The van der Waals surface area contributed by atoms with Gasteiger partial charge < -0.3 is 19.9 Å². The third-order valence-corrected chi connectivity index (χ3v) is 3.33. The Hall–Kier alpha value is -1.27. The Balaban J connectivity index is 2.16. The largest absolute Gasteiger partial charge is 0.486 e. The normalized spacial score (nSPS) is 14.9. The molecule has 0 spiro atoms. The lowest BCUT2D eigenvalue weighted by atomic mass is 10.0. The van der Waals surface area contributed by atoms with Gasteiger partial charge in [0, 0.05) is 6.04 Å². The van der Waals surface area contributed by atoms with Crippen LogP contribution < -0.4 is 15.2 Å². The third kappa shape index (κ3) is 3.39. The second-order valence-corrected chi connectivity index (χ2v) is 5.00. The summed E-state index contributed by atoms with van der Waals surface area (Å²) in [5, 5.41) is 0. The summed E-state index contributed by atoms with van der Waals surface area (Å²) in [6.07, 6.45) is 0.139. The number of benzene rings is 1. The predicted molar refractivity (Wildman–Crippen MR) is 73.3 cm³/mol. The monoisotopic (exact) mass is 329 g/mol. The van der Waals surface area contributed by atoms with Crippen molar-refractivity contribution in [2.75, 3.05) is 19.8 Å². The average Bonchev–Trinajstić information content (AvgIpc) is 2.39. The average molecular weight is 330 g/mol. The van der Waals surface area contributed by atoms with Crippen LogP contribution in [-0.4, -0.2) is 25.8 Å². The van der Waals surface area contributed by atoms with Gasteiger partial charge in [-0.15, -0.1) is 0 Å². The number of esters is 1. The van der Waals surface area contributed by atoms with Crippen molar-refractivity contribution >= 4 is 21.9 Å². The summed E-state index contributed by atoms with van der Waals surface area (Å²) >= 11 is 3.42. The van der Waals surface area contributed by atoms with Gasteiger partial charge in [-0.2, -0.15) is 0 Å². The van der Waals surface area contributed by atoms with Crippen LogP contribution in [0.3, 0.4) is 0 Å². The van der Waals surface area contributed by atoms with Crippen molar-refractivity contribution in [2.24, 2.45) is 5.73 Å². The van der Waals surface area contributed by atoms with Gasteiger partial charge >= 0.3 is 5.97 Å². The first-order chi connectivity index (χ1) is 9.11. The van der Waals surface area contributed by atoms with E-state index < -0.39 is 6.04 Å². The molecular weight excluding hydrogens is 314 g/mol. The fraction of sp³-hybridized carbons (Fsp3) is 0.462. The van der Waals surface area contributed by atoms with Gasteiger partial charge in [0.2, 0.25) is 0 Å². The fourth-order valence-corrected chi connectivity index (χ4v) is 2.44. The predicted octanol–water partition coefficient (Wildman–Crippen LogP) is 2.17. The van der Waals surface area contributed by atoms with Crippen molar-refractivity contribution in [1.29, 1.82) is 0 Å². The second-order valence-electron chi connectivity index (χ2n) is 4.14. The minimum Gasteiger partial charge on any atom is -0.486 e. The molecule has 2 rings (SSSR count). The summed E-state index contributed by atoms with van der Waals surface area (Å²) in [7, 11) is 0. The lowest BCUT2D eigenvalue weighted by Gasteiger charge is -2.21. The number of rotatable bonds is 4. The fourth-order valence-electron chi connectivity index (χ4n) is 1.86. The molecule has 1 aliphatic rings. The number of ether oxygens (including phenoxy) is 3. The van der Waals surface area contributed by atoms with E-state index in [9.17, 15) is 4.79 Å². The minimum atomic E-state index is -0.425. The molecule has 0 unspecified atom stereocenters. The quantitative estimate of drug-likeness (QED) is 0.857. The number of nitrogens with two attached hydrogens (primary N) is 1. The third-order valence-electron chi connectivity index (χ3n) is 2.74. The van der Waals surface area contributed by atoms with Crippen molar-refractivity contribution in [1.82, 2.24) is 0 Å². The molecule has 5 nitrogen and oxygen atoms in total. The topological polar surface area (TPSA) is 70.8 Å². The molecule has 0 fully saturated rings. The van der Waals surface area contributed by atoms with Gasteiger partial charge in [0.25, 0.3) is 0 Å². The molecule has 0 radical (unpaired) electrons. The van der Waals surface area contributed by atoms with Crippen LogP contribution in [0.25, 0.3) is 0 Å². The van der Waals surface area contributed by atoms with Crippen LogP contribution in [-0.2, 0) is 9.53 Å². The highest BCUT2D eigenvalue weighted by molar-refractivity contribution is 9.10. The highest BCUT2D eigenvalue weighted by atomic mass is 79.9. The van der Waals surface area contributed by atoms with Crippen LogP contribution in [0.15, 0.2) is 16.6 Å². The Bertz CT molecular complexity index is 478. The zero-order valence-electron chi connectivity index (χ0n) is 10.6. The van der Waals surface area contributed by atoms with Gasteiger partial charge in [0.15, 0.2) is 11.5 Å². The highest BCUT2D eigenvalue weighted by Gasteiger charge is 2.20. The maximum Gasteiger partial charge on any atom is 0.307 e. The van der Waals surface area contributed by atoms with Crippen molar-refractivity contribution in [2.45, 2.75) is 19.4 Å². The van der Waals surface area contributed by atoms with E-state index in [1.54, 1.807) is 6.92 Å². The summed E-state index contributed by atoms with van der Waals surface area (Å²) in [4.78, 5) is 11.4. The maximum absolute atomic E-state index is 11.4. The molecule has 2 N–H and O–H groups in total. The van der Waals surface area contributed by atoms with Crippen LogP contribution in [0.1, 0.15) is 24.9 Å². The summed E-state index contributed by atoms with van der Waals surface area (Å²) in [5.74, 6) is 1.02. The van der Waals surface area contributed by atoms with E-state index in [4.69, 9.17) is 19.9 Å². The second kappa shape index (κ2) is 6.25. The Kier molecular flexibility index (Phi) is 4.66. The Morgan fingerprint density at radius 2 is 2.21 bits per heavy atom. The number of hydrogen-bond donors (Lipinski definition) is 1. The van der Waals surface area contributed by atoms with E-state index >= 15 is 0 Å². The van der Waals surface area contributed by atoms with Gasteiger partial charge in [0.05, 0.1) is 17.5 Å². The molecule has 19 heavy (non-hydrogen) atoms. The molecule has 1 heterocycles. The molecule has 0 bridgehead atoms. The van der Waals surface area contributed by atoms with E-state index in [-0.39, 0.29) is 12.4 Å². The van der Waals surface area contributed by atoms with Gasteiger partial charge in [-0.3, -0.25) is 4.79 Å². The first-order valence-corrected chi connectivity index (χ1v) is 6.91. The molecule has 0 aliphatic carbocycles. The van der Waals surface area contributed by atoms with Crippen molar-refractivity contribution < 1.29 is 19.0 Å². The molecule has 6 heteroatoms.